The standard InChI is InChI=1S/C24H19ClF3NO5/c1-3-32-20(30)13-12-19-21(23(31)22(25)14(2)29-19)15-4-6-16(7-5-15)33-17-8-10-18(11-9-17)34-24(26,27)28/h4-13H,3H2,1-2H3,(H,29,31)/b13-12+. The molecular weight excluding hydrogens is 475 g/mol. The van der Waals surface area contributed by atoms with Gasteiger partial charge in [0.2, 0.25) is 5.43 Å². The smallest absolute Gasteiger partial charge is 0.463 e. The number of H-pyrrole nitrogens is 1. The molecule has 1 N–H and O–H groups in total. The van der Waals surface area contributed by atoms with Crippen LogP contribution < -0.4 is 14.9 Å². The Hall–Kier alpha value is -3.72. The van der Waals surface area contributed by atoms with Crippen LogP contribution in [0.1, 0.15) is 18.3 Å². The molecule has 6 nitrogen and oxygen atoms in total. The van der Waals surface area contributed by atoms with Crippen molar-refractivity contribution in [2.75, 3.05) is 6.61 Å². The van der Waals surface area contributed by atoms with Crippen LogP contribution in [0.15, 0.2) is 59.4 Å². The van der Waals surface area contributed by atoms with Crippen LogP contribution in [-0.2, 0) is 9.53 Å². The van der Waals surface area contributed by atoms with Crippen LogP contribution in [0, 0.1) is 6.92 Å². The van der Waals surface area contributed by atoms with Gasteiger partial charge in [0, 0.05) is 11.8 Å². The normalized spacial score (nSPS) is 11.5. The molecule has 0 unspecified atom stereocenters. The number of alkyl halides is 3. The Balaban J connectivity index is 1.86. The summed E-state index contributed by atoms with van der Waals surface area (Å²) in [4.78, 5) is 27.6. The number of nitrogens with one attached hydrogen (secondary N) is 1. The number of pyridine rings is 1. The van der Waals surface area contributed by atoms with Crippen molar-refractivity contribution in [3.63, 3.8) is 0 Å². The van der Waals surface area contributed by atoms with Crippen molar-refractivity contribution in [3.8, 4) is 28.4 Å². The third kappa shape index (κ3) is 6.41. The summed E-state index contributed by atoms with van der Waals surface area (Å²) in [7, 11) is 0. The van der Waals surface area contributed by atoms with Crippen LogP contribution in [0.5, 0.6) is 17.2 Å². The van der Waals surface area contributed by atoms with Gasteiger partial charge in [0.25, 0.3) is 0 Å². The third-order valence-electron chi connectivity index (χ3n) is 4.46. The third-order valence-corrected chi connectivity index (χ3v) is 4.91. The molecule has 1 heterocycles. The molecule has 3 rings (SSSR count). The second kappa shape index (κ2) is 10.5. The molecule has 10 heteroatoms. The zero-order valence-electron chi connectivity index (χ0n) is 18.0. The topological polar surface area (TPSA) is 77.6 Å². The van der Waals surface area contributed by atoms with Gasteiger partial charge in [-0.05, 0) is 61.9 Å². The van der Waals surface area contributed by atoms with Crippen molar-refractivity contribution in [1.82, 2.24) is 4.98 Å². The van der Waals surface area contributed by atoms with Crippen molar-refractivity contribution in [1.29, 1.82) is 0 Å². The maximum atomic E-state index is 12.9. The number of carbonyl (C=O) groups is 1. The van der Waals surface area contributed by atoms with Crippen molar-refractivity contribution in [2.45, 2.75) is 20.2 Å². The van der Waals surface area contributed by atoms with E-state index in [2.05, 4.69) is 9.72 Å². The van der Waals surface area contributed by atoms with E-state index in [1.807, 2.05) is 0 Å². The Morgan fingerprint density at radius 1 is 1.03 bits per heavy atom. The van der Waals surface area contributed by atoms with E-state index in [9.17, 15) is 22.8 Å². The molecule has 0 aliphatic rings. The number of aromatic nitrogens is 1. The molecule has 3 aromatic rings. The van der Waals surface area contributed by atoms with E-state index in [1.54, 1.807) is 38.1 Å². The van der Waals surface area contributed by atoms with Crippen LogP contribution in [0.2, 0.25) is 5.02 Å². The first-order chi connectivity index (χ1) is 16.1. The van der Waals surface area contributed by atoms with Gasteiger partial charge in [-0.3, -0.25) is 4.79 Å². The lowest BCUT2D eigenvalue weighted by atomic mass is 10.0. The maximum Gasteiger partial charge on any atom is 0.573 e. The Labute approximate surface area is 197 Å². The van der Waals surface area contributed by atoms with Gasteiger partial charge in [-0.1, -0.05) is 23.7 Å². The number of benzene rings is 2. The fourth-order valence-corrected chi connectivity index (χ4v) is 3.15. The number of halogens is 4. The van der Waals surface area contributed by atoms with Crippen LogP contribution in [0.3, 0.4) is 0 Å². The van der Waals surface area contributed by atoms with E-state index >= 15 is 0 Å². The van der Waals surface area contributed by atoms with Crippen molar-refractivity contribution >= 4 is 23.6 Å². The van der Waals surface area contributed by atoms with E-state index in [1.165, 1.54) is 24.3 Å². The Kier molecular flexibility index (Phi) is 7.68. The molecule has 0 aliphatic carbocycles. The van der Waals surface area contributed by atoms with Crippen LogP contribution in [0.4, 0.5) is 13.2 Å². The molecule has 178 valence electrons. The molecule has 0 atom stereocenters. The average Bonchev–Trinajstić information content (AvgIpc) is 2.77. The number of rotatable bonds is 7. The Morgan fingerprint density at radius 3 is 2.15 bits per heavy atom. The lowest BCUT2D eigenvalue weighted by molar-refractivity contribution is -0.274. The van der Waals surface area contributed by atoms with Gasteiger partial charge in [0.1, 0.15) is 22.3 Å². The molecule has 0 aliphatic heterocycles. The average molecular weight is 494 g/mol. The summed E-state index contributed by atoms with van der Waals surface area (Å²) in [5, 5.41) is 0.0183. The second-order valence-electron chi connectivity index (χ2n) is 6.91. The molecule has 34 heavy (non-hydrogen) atoms. The number of aryl methyl sites for hydroxylation is 1. The molecule has 0 saturated heterocycles. The molecule has 0 spiro atoms. The van der Waals surface area contributed by atoms with Crippen LogP contribution in [0.25, 0.3) is 17.2 Å². The van der Waals surface area contributed by atoms with Gasteiger partial charge >= 0.3 is 12.3 Å². The van der Waals surface area contributed by atoms with E-state index in [-0.39, 0.29) is 28.7 Å². The monoisotopic (exact) mass is 493 g/mol. The van der Waals surface area contributed by atoms with Gasteiger partial charge in [0.15, 0.2) is 0 Å². The fourth-order valence-electron chi connectivity index (χ4n) is 3.01. The lowest BCUT2D eigenvalue weighted by Gasteiger charge is -2.12. The predicted molar refractivity (Wildman–Crippen MR) is 121 cm³/mol. The van der Waals surface area contributed by atoms with Crippen molar-refractivity contribution in [3.05, 3.63) is 81.2 Å². The fraction of sp³-hybridized carbons (Fsp3) is 0.167. The summed E-state index contributed by atoms with van der Waals surface area (Å²) in [6, 6.07) is 11.3. The van der Waals surface area contributed by atoms with Crippen molar-refractivity contribution in [2.24, 2.45) is 0 Å². The summed E-state index contributed by atoms with van der Waals surface area (Å²) in [5.41, 5.74) is 1.14. The first kappa shape index (κ1) is 24.9. The minimum atomic E-state index is -4.78. The molecule has 0 saturated carbocycles. The summed E-state index contributed by atoms with van der Waals surface area (Å²) >= 11 is 6.14. The molecule has 0 fully saturated rings. The number of esters is 1. The summed E-state index contributed by atoms with van der Waals surface area (Å²) in [6.45, 7) is 3.53. The molecular formula is C24H19ClF3NO5. The van der Waals surface area contributed by atoms with Crippen molar-refractivity contribution < 1.29 is 32.2 Å². The predicted octanol–water partition coefficient (Wildman–Crippen LogP) is 6.27. The van der Waals surface area contributed by atoms with Gasteiger partial charge < -0.3 is 19.2 Å². The first-order valence-corrected chi connectivity index (χ1v) is 10.4. The first-order valence-electron chi connectivity index (χ1n) is 9.98. The summed E-state index contributed by atoms with van der Waals surface area (Å²) in [5.74, 6) is -0.255. The molecule has 0 radical (unpaired) electrons. The minimum Gasteiger partial charge on any atom is -0.463 e. The highest BCUT2D eigenvalue weighted by Gasteiger charge is 2.31. The highest BCUT2D eigenvalue weighted by atomic mass is 35.5. The number of hydrogen-bond donors (Lipinski definition) is 1. The number of ether oxygens (including phenoxy) is 3. The van der Waals surface area contributed by atoms with Gasteiger partial charge in [-0.2, -0.15) is 0 Å². The van der Waals surface area contributed by atoms with Gasteiger partial charge in [-0.25, -0.2) is 4.79 Å². The Bertz CT molecular complexity index is 1250. The van der Waals surface area contributed by atoms with Crippen LogP contribution >= 0.6 is 11.6 Å². The van der Waals surface area contributed by atoms with E-state index < -0.39 is 17.8 Å². The highest BCUT2D eigenvalue weighted by molar-refractivity contribution is 6.31. The second-order valence-corrected chi connectivity index (χ2v) is 7.29. The van der Waals surface area contributed by atoms with Gasteiger partial charge in [-0.15, -0.1) is 13.2 Å². The largest absolute Gasteiger partial charge is 0.573 e. The quantitative estimate of drug-likeness (QED) is 0.310. The van der Waals surface area contributed by atoms with E-state index in [0.717, 1.165) is 12.1 Å². The molecule has 1 aromatic heterocycles. The lowest BCUT2D eigenvalue weighted by Crippen LogP contribution is -2.16. The SMILES string of the molecule is CCOC(=O)/C=C/c1[nH]c(C)c(Cl)c(=O)c1-c1ccc(Oc2ccc(OC(F)(F)F)cc2)cc1. The summed E-state index contributed by atoms with van der Waals surface area (Å²) in [6.07, 6.45) is -2.14. The minimum absolute atomic E-state index is 0.0183. The maximum absolute atomic E-state index is 12.9. The number of aromatic amines is 1. The molecule has 0 amide bonds. The highest BCUT2D eigenvalue weighted by Crippen LogP contribution is 2.30. The zero-order chi connectivity index (χ0) is 24.9. The molecule has 2 aromatic carbocycles. The van der Waals surface area contributed by atoms with Gasteiger partial charge in [0.05, 0.1) is 17.9 Å². The summed E-state index contributed by atoms with van der Waals surface area (Å²) < 4.78 is 51.2. The van der Waals surface area contributed by atoms with E-state index in [0.29, 0.717) is 22.7 Å². The molecule has 0 bridgehead atoms. The number of hydrogen-bond acceptors (Lipinski definition) is 5. The Morgan fingerprint density at radius 2 is 1.59 bits per heavy atom. The van der Waals surface area contributed by atoms with E-state index in [4.69, 9.17) is 21.1 Å². The number of carbonyl (C=O) groups excluding carboxylic acids is 1. The zero-order valence-corrected chi connectivity index (χ0v) is 18.8. The van der Waals surface area contributed by atoms with Crippen LogP contribution in [-0.4, -0.2) is 23.9 Å².